The van der Waals surface area contributed by atoms with Crippen LogP contribution >= 0.6 is 23.5 Å². The van der Waals surface area contributed by atoms with Crippen LogP contribution in [0.15, 0.2) is 28.8 Å². The fourth-order valence-electron chi connectivity index (χ4n) is 2.95. The molecule has 1 aromatic rings. The number of esters is 1. The predicted octanol–water partition coefficient (Wildman–Crippen LogP) is -0.222. The highest BCUT2D eigenvalue weighted by Gasteiger charge is 2.66. The van der Waals surface area contributed by atoms with E-state index in [1.807, 2.05) is 0 Å². The molecule has 11 nitrogen and oxygen atoms in total. The zero-order valence-electron chi connectivity index (χ0n) is 15.5. The van der Waals surface area contributed by atoms with Gasteiger partial charge in [-0.2, -0.15) is 0 Å². The summed E-state index contributed by atoms with van der Waals surface area (Å²) < 4.78 is 10.2. The highest BCUT2D eigenvalue weighted by atomic mass is 32.2. The van der Waals surface area contributed by atoms with E-state index in [1.165, 1.54) is 25.8 Å². The summed E-state index contributed by atoms with van der Waals surface area (Å²) in [7, 11) is 1.27. The summed E-state index contributed by atoms with van der Waals surface area (Å²) >= 11 is 2.36. The summed E-state index contributed by atoms with van der Waals surface area (Å²) in [6.07, 6.45) is 3.17. The first-order valence-corrected chi connectivity index (χ1v) is 10.4. The first-order chi connectivity index (χ1) is 13.8. The average molecular weight is 442 g/mol. The van der Waals surface area contributed by atoms with Crippen molar-refractivity contribution in [1.82, 2.24) is 20.2 Å². The van der Waals surface area contributed by atoms with Crippen LogP contribution in [0.4, 0.5) is 0 Å². The molecular formula is C16H18N4O7S2. The zero-order valence-corrected chi connectivity index (χ0v) is 17.1. The van der Waals surface area contributed by atoms with Gasteiger partial charge in [0.25, 0.3) is 11.6 Å². The molecule has 2 aliphatic rings. The Bertz CT molecular complexity index is 873. The lowest BCUT2D eigenvalue weighted by atomic mass is 9.98. The minimum absolute atomic E-state index is 0.0113. The smallest absolute Gasteiger partial charge is 0.352 e. The third kappa shape index (κ3) is 3.97. The summed E-state index contributed by atoms with van der Waals surface area (Å²) in [6.45, 7) is 0.980. The maximum absolute atomic E-state index is 12.9. The Balaban J connectivity index is 1.75. The number of aliphatic carboxylic acids is 1. The molecule has 3 N–H and O–H groups in total. The van der Waals surface area contributed by atoms with E-state index in [0.29, 0.717) is 10.7 Å². The summed E-state index contributed by atoms with van der Waals surface area (Å²) in [5, 5.41) is 12.0. The maximum atomic E-state index is 12.9. The van der Waals surface area contributed by atoms with E-state index in [9.17, 15) is 24.3 Å². The Morgan fingerprint density at radius 3 is 2.86 bits per heavy atom. The summed E-state index contributed by atoms with van der Waals surface area (Å²) in [5.74, 6) is -2.86. The van der Waals surface area contributed by atoms with Crippen LogP contribution in [-0.4, -0.2) is 80.0 Å². The van der Waals surface area contributed by atoms with Crippen LogP contribution in [0.5, 0.6) is 0 Å². The van der Waals surface area contributed by atoms with Gasteiger partial charge in [0.15, 0.2) is 5.16 Å². The molecule has 1 fully saturated rings. The fraction of sp³-hybridized carbons (Fsp3) is 0.438. The fourth-order valence-corrected chi connectivity index (χ4v) is 5.00. The molecule has 1 aromatic heterocycles. The van der Waals surface area contributed by atoms with E-state index < -0.39 is 34.9 Å². The number of H-pyrrole nitrogens is 1. The lowest BCUT2D eigenvalue weighted by Crippen LogP contribution is -2.80. The van der Waals surface area contributed by atoms with Gasteiger partial charge in [-0.1, -0.05) is 11.8 Å². The van der Waals surface area contributed by atoms with Crippen molar-refractivity contribution >= 4 is 47.3 Å². The summed E-state index contributed by atoms with van der Waals surface area (Å²) in [5.41, 5.74) is -1.63. The Kier molecular flexibility index (Phi) is 6.19. The molecule has 0 radical (unpaired) electrons. The molecular weight excluding hydrogens is 424 g/mol. The van der Waals surface area contributed by atoms with Crippen molar-refractivity contribution in [3.8, 4) is 0 Å². The molecule has 1 saturated heterocycles. The van der Waals surface area contributed by atoms with Gasteiger partial charge in [-0.25, -0.2) is 9.78 Å². The van der Waals surface area contributed by atoms with Gasteiger partial charge in [0.1, 0.15) is 17.7 Å². The standard InChI is InChI=1S/C16H18N4O7S2/c1-8(21)27-5-9-6-28-14-16(26-2,13(25)20(14)11(9)12(23)24)19-10(22)7-29-15-17-3-4-18-15/h3-4,14H,5-7H2,1-2H3,(H,17,18)(H,19,22)(H,23,24)/t14-,16-/m0/s1. The molecule has 156 valence electrons. The SMILES string of the molecule is CO[C@@]1(NC(=O)CSc2ncc[nH]2)C(=O)N2C(C(=O)O)=C(COC(C)=O)CS[C@H]21. The lowest BCUT2D eigenvalue weighted by molar-refractivity contribution is -0.192. The number of carbonyl (C=O) groups is 4. The molecule has 2 atom stereocenters. The molecule has 2 aliphatic heterocycles. The molecule has 29 heavy (non-hydrogen) atoms. The number of β-lactam (4-membered cyclic amide) rings is 1. The van der Waals surface area contributed by atoms with Gasteiger partial charge in [-0.3, -0.25) is 19.3 Å². The second-order valence-corrected chi connectivity index (χ2v) is 8.08. The molecule has 0 aromatic carbocycles. The van der Waals surface area contributed by atoms with Crippen LogP contribution < -0.4 is 5.32 Å². The second-order valence-electron chi connectivity index (χ2n) is 6.05. The quantitative estimate of drug-likeness (QED) is 0.213. The van der Waals surface area contributed by atoms with E-state index in [0.717, 1.165) is 16.7 Å². The van der Waals surface area contributed by atoms with Gasteiger partial charge < -0.3 is 24.9 Å². The molecule has 0 unspecified atom stereocenters. The average Bonchev–Trinajstić information content (AvgIpc) is 3.21. The van der Waals surface area contributed by atoms with Crippen LogP contribution in [0, 0.1) is 0 Å². The molecule has 0 aliphatic carbocycles. The zero-order chi connectivity index (χ0) is 21.2. The van der Waals surface area contributed by atoms with Gasteiger partial charge in [0, 0.05) is 37.8 Å². The minimum atomic E-state index is -1.67. The molecule has 3 heterocycles. The number of hydrogen-bond donors (Lipinski definition) is 3. The van der Waals surface area contributed by atoms with Gasteiger partial charge >= 0.3 is 11.9 Å². The number of thioether (sulfide) groups is 2. The third-order valence-electron chi connectivity index (χ3n) is 4.22. The number of nitrogens with one attached hydrogen (secondary N) is 2. The number of carboxylic acid groups (broad SMARTS) is 1. The highest BCUT2D eigenvalue weighted by Crippen LogP contribution is 2.46. The van der Waals surface area contributed by atoms with Crippen LogP contribution in [0.1, 0.15) is 6.92 Å². The number of aromatic amines is 1. The number of fused-ring (bicyclic) bond motifs is 1. The molecule has 0 spiro atoms. The topological polar surface area (TPSA) is 151 Å². The van der Waals surface area contributed by atoms with Crippen LogP contribution in [0.25, 0.3) is 0 Å². The van der Waals surface area contributed by atoms with Crippen molar-refractivity contribution in [3.63, 3.8) is 0 Å². The highest BCUT2D eigenvalue weighted by molar-refractivity contribution is 8.00. The largest absolute Gasteiger partial charge is 0.477 e. The number of aromatic nitrogens is 2. The summed E-state index contributed by atoms with van der Waals surface area (Å²) in [4.78, 5) is 55.9. The molecule has 0 bridgehead atoms. The monoisotopic (exact) mass is 442 g/mol. The van der Waals surface area contributed by atoms with Crippen molar-refractivity contribution in [3.05, 3.63) is 23.7 Å². The molecule has 3 rings (SSSR count). The van der Waals surface area contributed by atoms with Gasteiger partial charge in [0.05, 0.1) is 5.75 Å². The van der Waals surface area contributed by atoms with Crippen LogP contribution in [0.2, 0.25) is 0 Å². The van der Waals surface area contributed by atoms with Crippen molar-refractivity contribution in [2.24, 2.45) is 0 Å². The Labute approximate surface area is 173 Å². The van der Waals surface area contributed by atoms with E-state index in [2.05, 4.69) is 15.3 Å². The number of ether oxygens (including phenoxy) is 2. The number of carbonyl (C=O) groups excluding carboxylic acids is 3. The summed E-state index contributed by atoms with van der Waals surface area (Å²) in [6, 6.07) is 0. The lowest BCUT2D eigenvalue weighted by Gasteiger charge is -2.55. The number of amides is 2. The van der Waals surface area contributed by atoms with E-state index in [1.54, 1.807) is 12.4 Å². The maximum Gasteiger partial charge on any atom is 0.352 e. The number of hydrogen-bond acceptors (Lipinski definition) is 9. The Morgan fingerprint density at radius 2 is 2.28 bits per heavy atom. The third-order valence-corrected chi connectivity index (χ3v) is 6.50. The predicted molar refractivity (Wildman–Crippen MR) is 102 cm³/mol. The second kappa shape index (κ2) is 8.47. The van der Waals surface area contributed by atoms with Crippen molar-refractivity contribution in [1.29, 1.82) is 0 Å². The van der Waals surface area contributed by atoms with Gasteiger partial charge in [-0.15, -0.1) is 11.8 Å². The number of carboxylic acids is 1. The van der Waals surface area contributed by atoms with E-state index in [4.69, 9.17) is 9.47 Å². The van der Waals surface area contributed by atoms with Crippen molar-refractivity contribution < 1.29 is 33.8 Å². The van der Waals surface area contributed by atoms with Gasteiger partial charge in [0.2, 0.25) is 5.91 Å². The molecule has 2 amide bonds. The molecule has 13 heteroatoms. The van der Waals surface area contributed by atoms with Crippen molar-refractivity contribution in [2.75, 3.05) is 25.2 Å². The Morgan fingerprint density at radius 1 is 1.52 bits per heavy atom. The first kappa shape index (κ1) is 21.2. The number of rotatable bonds is 8. The number of methoxy groups -OCH3 is 1. The number of imidazole rings is 1. The number of nitrogens with zero attached hydrogens (tertiary/aromatic N) is 2. The van der Waals surface area contributed by atoms with Crippen molar-refractivity contribution in [2.45, 2.75) is 23.2 Å². The molecule has 0 saturated carbocycles. The van der Waals surface area contributed by atoms with Crippen LogP contribution in [0.3, 0.4) is 0 Å². The van der Waals surface area contributed by atoms with E-state index >= 15 is 0 Å². The normalized spacial score (nSPS) is 23.3. The van der Waals surface area contributed by atoms with E-state index in [-0.39, 0.29) is 23.8 Å². The minimum Gasteiger partial charge on any atom is -0.477 e. The van der Waals surface area contributed by atoms with Crippen LogP contribution in [-0.2, 0) is 28.7 Å². The van der Waals surface area contributed by atoms with Gasteiger partial charge in [-0.05, 0) is 0 Å². The Hall–Kier alpha value is -2.51. The first-order valence-electron chi connectivity index (χ1n) is 8.32.